The quantitative estimate of drug-likeness (QED) is 0.612. The van der Waals surface area contributed by atoms with Gasteiger partial charge >= 0.3 is 0 Å². The second kappa shape index (κ2) is 7.47. The Hall–Kier alpha value is -0.800. The summed E-state index contributed by atoms with van der Waals surface area (Å²) in [5.74, 6) is 0. The predicted molar refractivity (Wildman–Crippen MR) is 71.4 cm³/mol. The molecule has 0 spiro atoms. The molecule has 2 nitrogen and oxygen atoms in total. The van der Waals surface area contributed by atoms with Gasteiger partial charge in [-0.05, 0) is 37.1 Å². The molecule has 0 fully saturated rings. The second-order valence-electron chi connectivity index (χ2n) is 3.66. The summed E-state index contributed by atoms with van der Waals surface area (Å²) in [6, 6.07) is 6.41. The molecule has 0 atom stereocenters. The summed E-state index contributed by atoms with van der Waals surface area (Å²) in [4.78, 5) is 0. The van der Waals surface area contributed by atoms with Crippen LogP contribution in [0.5, 0.6) is 0 Å². The standard InChI is InChI=1S/C13H18BrNO/c1-3-16-8-4-7-15-10-12-6-5-11(2)9-13(12)14/h3,5-6,9,15H,1,4,7-8,10H2,2H3. The van der Waals surface area contributed by atoms with Gasteiger partial charge in [-0.2, -0.15) is 0 Å². The lowest BCUT2D eigenvalue weighted by molar-refractivity contribution is 0.244. The summed E-state index contributed by atoms with van der Waals surface area (Å²) in [6.45, 7) is 8.15. The Morgan fingerprint density at radius 2 is 2.31 bits per heavy atom. The number of nitrogens with one attached hydrogen (secondary N) is 1. The molecule has 1 aromatic carbocycles. The van der Waals surface area contributed by atoms with E-state index in [0.717, 1.165) is 26.1 Å². The van der Waals surface area contributed by atoms with Crippen LogP contribution in [0.1, 0.15) is 17.5 Å². The van der Waals surface area contributed by atoms with Crippen LogP contribution in [0.2, 0.25) is 0 Å². The van der Waals surface area contributed by atoms with E-state index in [4.69, 9.17) is 4.74 Å². The molecule has 0 aliphatic heterocycles. The zero-order valence-electron chi connectivity index (χ0n) is 9.63. The van der Waals surface area contributed by atoms with E-state index in [1.807, 2.05) is 0 Å². The van der Waals surface area contributed by atoms with Gasteiger partial charge in [-0.1, -0.05) is 34.6 Å². The van der Waals surface area contributed by atoms with E-state index in [9.17, 15) is 0 Å². The smallest absolute Gasteiger partial charge is 0.0885 e. The minimum Gasteiger partial charge on any atom is -0.502 e. The fourth-order valence-corrected chi connectivity index (χ4v) is 2.02. The molecule has 1 aromatic rings. The average Bonchev–Trinajstić information content (AvgIpc) is 2.26. The molecule has 1 N–H and O–H groups in total. The minimum atomic E-state index is 0.728. The van der Waals surface area contributed by atoms with Crippen molar-refractivity contribution < 1.29 is 4.74 Å². The maximum absolute atomic E-state index is 5.04. The van der Waals surface area contributed by atoms with Crippen LogP contribution >= 0.6 is 15.9 Å². The van der Waals surface area contributed by atoms with E-state index < -0.39 is 0 Å². The van der Waals surface area contributed by atoms with Crippen LogP contribution in [0.3, 0.4) is 0 Å². The molecular weight excluding hydrogens is 266 g/mol. The summed E-state index contributed by atoms with van der Waals surface area (Å²) < 4.78 is 6.21. The first-order chi connectivity index (χ1) is 7.74. The largest absolute Gasteiger partial charge is 0.502 e. The molecule has 0 amide bonds. The molecule has 16 heavy (non-hydrogen) atoms. The van der Waals surface area contributed by atoms with Crippen molar-refractivity contribution in [2.45, 2.75) is 19.9 Å². The first-order valence-corrected chi connectivity index (χ1v) is 6.21. The summed E-state index contributed by atoms with van der Waals surface area (Å²) >= 11 is 3.56. The Morgan fingerprint density at radius 3 is 3.00 bits per heavy atom. The van der Waals surface area contributed by atoms with Crippen molar-refractivity contribution in [2.24, 2.45) is 0 Å². The number of rotatable bonds is 7. The third kappa shape index (κ3) is 4.81. The van der Waals surface area contributed by atoms with Crippen molar-refractivity contribution in [3.63, 3.8) is 0 Å². The summed E-state index contributed by atoms with van der Waals surface area (Å²) in [5, 5.41) is 3.38. The predicted octanol–water partition coefficient (Wildman–Crippen LogP) is 3.40. The van der Waals surface area contributed by atoms with E-state index in [-0.39, 0.29) is 0 Å². The summed E-state index contributed by atoms with van der Waals surface area (Å²) in [6.07, 6.45) is 2.48. The van der Waals surface area contributed by atoms with Crippen molar-refractivity contribution in [3.8, 4) is 0 Å². The lowest BCUT2D eigenvalue weighted by Gasteiger charge is -2.07. The third-order valence-electron chi connectivity index (χ3n) is 2.26. The van der Waals surface area contributed by atoms with Crippen molar-refractivity contribution in [3.05, 3.63) is 46.6 Å². The SMILES string of the molecule is C=COCCCNCc1ccc(C)cc1Br. The van der Waals surface area contributed by atoms with E-state index in [1.54, 1.807) is 0 Å². The fraction of sp³-hybridized carbons (Fsp3) is 0.385. The molecule has 0 aliphatic carbocycles. The van der Waals surface area contributed by atoms with Crippen LogP contribution in [-0.2, 0) is 11.3 Å². The lowest BCUT2D eigenvalue weighted by atomic mass is 10.1. The molecule has 0 heterocycles. The highest BCUT2D eigenvalue weighted by molar-refractivity contribution is 9.10. The van der Waals surface area contributed by atoms with Gasteiger partial charge in [0.05, 0.1) is 12.9 Å². The Labute approximate surface area is 106 Å². The molecule has 1 rings (SSSR count). The molecule has 0 unspecified atom stereocenters. The molecule has 0 bridgehead atoms. The Kier molecular flexibility index (Phi) is 6.19. The van der Waals surface area contributed by atoms with E-state index in [1.165, 1.54) is 21.9 Å². The van der Waals surface area contributed by atoms with Crippen LogP contribution in [-0.4, -0.2) is 13.2 Å². The van der Waals surface area contributed by atoms with Gasteiger partial charge in [0.1, 0.15) is 0 Å². The molecule has 3 heteroatoms. The van der Waals surface area contributed by atoms with Crippen LogP contribution in [0.4, 0.5) is 0 Å². The number of ether oxygens (including phenoxy) is 1. The van der Waals surface area contributed by atoms with Gasteiger partial charge in [-0.25, -0.2) is 0 Å². The van der Waals surface area contributed by atoms with Crippen LogP contribution in [0, 0.1) is 6.92 Å². The van der Waals surface area contributed by atoms with Crippen LogP contribution < -0.4 is 5.32 Å². The van der Waals surface area contributed by atoms with Gasteiger partial charge in [0, 0.05) is 11.0 Å². The number of hydrogen-bond donors (Lipinski definition) is 1. The number of halogens is 1. The van der Waals surface area contributed by atoms with Gasteiger partial charge < -0.3 is 10.1 Å². The molecule has 0 saturated heterocycles. The first-order valence-electron chi connectivity index (χ1n) is 5.42. The van der Waals surface area contributed by atoms with E-state index in [0.29, 0.717) is 0 Å². The molecule has 0 aliphatic rings. The summed E-state index contributed by atoms with van der Waals surface area (Å²) in [5.41, 5.74) is 2.56. The molecule has 0 radical (unpaired) electrons. The van der Waals surface area contributed by atoms with E-state index in [2.05, 4.69) is 52.9 Å². The van der Waals surface area contributed by atoms with Crippen molar-refractivity contribution in [1.82, 2.24) is 5.32 Å². The average molecular weight is 284 g/mol. The van der Waals surface area contributed by atoms with Gasteiger partial charge in [-0.15, -0.1) is 0 Å². The zero-order valence-corrected chi connectivity index (χ0v) is 11.2. The summed E-state index contributed by atoms with van der Waals surface area (Å²) in [7, 11) is 0. The maximum Gasteiger partial charge on any atom is 0.0885 e. The van der Waals surface area contributed by atoms with Crippen molar-refractivity contribution in [1.29, 1.82) is 0 Å². The third-order valence-corrected chi connectivity index (χ3v) is 3.00. The number of benzene rings is 1. The highest BCUT2D eigenvalue weighted by Crippen LogP contribution is 2.17. The zero-order chi connectivity index (χ0) is 11.8. The molecule has 0 saturated carbocycles. The molecule has 88 valence electrons. The van der Waals surface area contributed by atoms with Crippen LogP contribution in [0.15, 0.2) is 35.5 Å². The first kappa shape index (κ1) is 13.3. The highest BCUT2D eigenvalue weighted by Gasteiger charge is 1.98. The lowest BCUT2D eigenvalue weighted by Crippen LogP contribution is -2.16. The topological polar surface area (TPSA) is 21.3 Å². The fourth-order valence-electron chi connectivity index (χ4n) is 1.38. The van der Waals surface area contributed by atoms with Crippen LogP contribution in [0.25, 0.3) is 0 Å². The molecule has 0 aromatic heterocycles. The van der Waals surface area contributed by atoms with Gasteiger partial charge in [0.25, 0.3) is 0 Å². The minimum absolute atomic E-state index is 0.728. The van der Waals surface area contributed by atoms with Crippen molar-refractivity contribution >= 4 is 15.9 Å². The number of aryl methyl sites for hydroxylation is 1. The normalized spacial score (nSPS) is 10.1. The van der Waals surface area contributed by atoms with Gasteiger partial charge in [-0.3, -0.25) is 0 Å². The Morgan fingerprint density at radius 1 is 1.50 bits per heavy atom. The van der Waals surface area contributed by atoms with E-state index >= 15 is 0 Å². The monoisotopic (exact) mass is 283 g/mol. The maximum atomic E-state index is 5.04. The highest BCUT2D eigenvalue weighted by atomic mass is 79.9. The Balaban J connectivity index is 2.24. The Bertz CT molecular complexity index is 339. The second-order valence-corrected chi connectivity index (χ2v) is 4.52. The molecular formula is C13H18BrNO. The van der Waals surface area contributed by atoms with Gasteiger partial charge in [0.2, 0.25) is 0 Å². The van der Waals surface area contributed by atoms with Gasteiger partial charge in [0.15, 0.2) is 0 Å². The van der Waals surface area contributed by atoms with Crippen molar-refractivity contribution in [2.75, 3.05) is 13.2 Å². The number of hydrogen-bond acceptors (Lipinski definition) is 2.